The quantitative estimate of drug-likeness (QED) is 0.119. The standard InChI is InChI=1S/C20H22ClF2N3O.C14H13ClF2N2O2.C7H10N2.CH4.ClH/c1-14-2-4-16(25-11-14)12-24-13-20(23)6-8-26(9-7-20)19(27)15-3-5-18(22)17(21)10-15;15-10-7-9(1-2-11(10)16)13(21)19-5-3-14(17,4-6-19)12(20)8-18;1-6-2-3-7(4-8)9-5-6;;/h2-5,10-11,24H,6-9,12-13H2,1H3;1-2,7,12,20H,3-6H2;2-3,5H,4,8H2,1H3;1H4;1H. The molecule has 6 rings (SSSR count). The monoisotopic (exact) mass is 881 g/mol. The Morgan fingerprint density at radius 2 is 1.27 bits per heavy atom. The highest BCUT2D eigenvalue weighted by Gasteiger charge is 2.42. The van der Waals surface area contributed by atoms with Crippen molar-refractivity contribution in [2.24, 2.45) is 5.73 Å². The predicted molar refractivity (Wildman–Crippen MR) is 224 cm³/mol. The molecule has 0 saturated carbocycles. The van der Waals surface area contributed by atoms with Crippen LogP contribution in [-0.4, -0.2) is 86.9 Å². The minimum absolute atomic E-state index is 0. The average Bonchev–Trinajstić information content (AvgIpc) is 3.21. The summed E-state index contributed by atoms with van der Waals surface area (Å²) in [5.41, 5.74) is 6.58. The van der Waals surface area contributed by atoms with Crippen molar-refractivity contribution < 1.29 is 32.3 Å². The minimum Gasteiger partial charge on any atom is -0.375 e. The van der Waals surface area contributed by atoms with Gasteiger partial charge in [0.05, 0.1) is 27.5 Å². The normalized spacial score (nSPS) is 15.7. The smallest absolute Gasteiger partial charge is 0.253 e. The molecule has 1 atom stereocenters. The lowest BCUT2D eigenvalue weighted by Crippen LogP contribution is -2.49. The van der Waals surface area contributed by atoms with Crippen LogP contribution in [0.5, 0.6) is 0 Å². The summed E-state index contributed by atoms with van der Waals surface area (Å²) < 4.78 is 55.6. The molecular weight excluding hydrogens is 833 g/mol. The summed E-state index contributed by atoms with van der Waals surface area (Å²) in [5, 5.41) is 20.8. The number of nitrogens with one attached hydrogen (secondary N) is 1. The van der Waals surface area contributed by atoms with Crippen LogP contribution in [0, 0.1) is 36.8 Å². The molecule has 2 aromatic carbocycles. The van der Waals surface area contributed by atoms with E-state index in [2.05, 4.69) is 15.3 Å². The molecule has 2 aliphatic rings. The predicted octanol–water partition coefficient (Wildman–Crippen LogP) is 8.13. The number of nitrogens with zero attached hydrogens (tertiary/aromatic N) is 5. The van der Waals surface area contributed by atoms with Gasteiger partial charge >= 0.3 is 0 Å². The van der Waals surface area contributed by atoms with Crippen molar-refractivity contribution in [2.45, 2.75) is 77.5 Å². The number of piperidine rings is 2. The van der Waals surface area contributed by atoms with Crippen molar-refractivity contribution in [1.29, 1.82) is 5.26 Å². The van der Waals surface area contributed by atoms with E-state index in [-0.39, 0.29) is 92.6 Å². The Hall–Kier alpha value is -4.36. The number of hydrogen-bond donors (Lipinski definition) is 3. The molecule has 2 saturated heterocycles. The lowest BCUT2D eigenvalue weighted by Gasteiger charge is -2.37. The maximum Gasteiger partial charge on any atom is 0.253 e. The molecule has 2 aliphatic heterocycles. The summed E-state index contributed by atoms with van der Waals surface area (Å²) in [6.45, 7) is 5.99. The van der Waals surface area contributed by atoms with E-state index in [0.717, 1.165) is 23.0 Å². The molecule has 10 nitrogen and oxygen atoms in total. The van der Waals surface area contributed by atoms with Crippen LogP contribution in [0.25, 0.3) is 0 Å². The van der Waals surface area contributed by atoms with Crippen LogP contribution in [-0.2, 0) is 13.1 Å². The summed E-state index contributed by atoms with van der Waals surface area (Å²) in [6, 6.07) is 16.8. The number of hydrogen-bond acceptors (Lipinski definition) is 8. The number of pyridine rings is 2. The lowest BCUT2D eigenvalue weighted by atomic mass is 9.88. The van der Waals surface area contributed by atoms with Crippen molar-refractivity contribution in [2.75, 3.05) is 32.7 Å². The van der Waals surface area contributed by atoms with Crippen molar-refractivity contribution in [3.8, 4) is 6.07 Å². The summed E-state index contributed by atoms with van der Waals surface area (Å²) >= 11 is 11.4. The second-order valence-corrected chi connectivity index (χ2v) is 14.8. The minimum atomic E-state index is -1.99. The zero-order valence-electron chi connectivity index (χ0n) is 32.0. The first-order chi connectivity index (χ1) is 27.1. The van der Waals surface area contributed by atoms with Crippen molar-refractivity contribution >= 4 is 47.4 Å². The van der Waals surface area contributed by atoms with Gasteiger partial charge in [0.1, 0.15) is 17.3 Å². The van der Waals surface area contributed by atoms with Gasteiger partial charge in [0.2, 0.25) is 0 Å². The molecule has 2 fully saturated rings. The third-order valence-electron chi connectivity index (χ3n) is 9.68. The average molecular weight is 883 g/mol. The molecular formula is C42H50Cl3F4N7O3. The number of nitriles is 1. The summed E-state index contributed by atoms with van der Waals surface area (Å²) in [6.07, 6.45) is 2.17. The highest BCUT2D eigenvalue weighted by molar-refractivity contribution is 6.31. The van der Waals surface area contributed by atoms with Gasteiger partial charge in [-0.25, -0.2) is 17.6 Å². The number of alkyl halides is 2. The van der Waals surface area contributed by atoms with E-state index in [1.54, 1.807) is 11.1 Å². The number of amides is 2. The lowest BCUT2D eigenvalue weighted by molar-refractivity contribution is -0.0201. The van der Waals surface area contributed by atoms with Gasteiger partial charge in [-0.05, 0) is 73.5 Å². The Kier molecular flexibility index (Phi) is 20.2. The fraction of sp³-hybridized carbons (Fsp3) is 0.405. The van der Waals surface area contributed by atoms with Crippen LogP contribution in [0.1, 0.15) is 76.3 Å². The first-order valence-electron chi connectivity index (χ1n) is 18.2. The number of benzene rings is 2. The van der Waals surface area contributed by atoms with Crippen molar-refractivity contribution in [1.82, 2.24) is 25.1 Å². The Morgan fingerprint density at radius 1 is 0.831 bits per heavy atom. The van der Waals surface area contributed by atoms with Crippen LogP contribution < -0.4 is 11.1 Å². The Bertz CT molecular complexity index is 2010. The van der Waals surface area contributed by atoms with E-state index in [1.165, 1.54) is 46.9 Å². The molecule has 17 heteroatoms. The maximum atomic E-state index is 15.0. The van der Waals surface area contributed by atoms with Gasteiger partial charge in [0.25, 0.3) is 11.8 Å². The molecule has 0 spiro atoms. The van der Waals surface area contributed by atoms with Crippen LogP contribution in [0.4, 0.5) is 17.6 Å². The molecule has 2 aromatic heterocycles. The molecule has 0 bridgehead atoms. The SMILES string of the molecule is C.Cc1ccc(CN)nc1.Cc1ccc(CNCC2(F)CCN(C(=O)c3ccc(F)c(Cl)c3)CC2)nc1.Cl.N#CC(O)C1(F)CCN(C(=O)c2ccc(F)c(Cl)c2)CC1. The molecule has 4 aromatic rings. The Morgan fingerprint density at radius 3 is 1.66 bits per heavy atom. The molecule has 2 amide bonds. The Labute approximate surface area is 359 Å². The number of aryl methyl sites for hydroxylation is 2. The second-order valence-electron chi connectivity index (χ2n) is 14.0. The zero-order valence-corrected chi connectivity index (χ0v) is 34.4. The zero-order chi connectivity index (χ0) is 41.8. The van der Waals surface area contributed by atoms with Crippen LogP contribution in [0.15, 0.2) is 73.1 Å². The molecule has 0 aliphatic carbocycles. The fourth-order valence-electron chi connectivity index (χ4n) is 6.02. The number of nitrogens with two attached hydrogens (primary N) is 1. The van der Waals surface area contributed by atoms with Crippen LogP contribution >= 0.6 is 35.6 Å². The van der Waals surface area contributed by atoms with Gasteiger partial charge in [0.15, 0.2) is 11.8 Å². The summed E-state index contributed by atoms with van der Waals surface area (Å²) in [4.78, 5) is 36.1. The van der Waals surface area contributed by atoms with E-state index in [9.17, 15) is 27.9 Å². The van der Waals surface area contributed by atoms with Crippen molar-refractivity contribution in [3.05, 3.63) is 128 Å². The third kappa shape index (κ3) is 14.7. The topological polar surface area (TPSA) is 148 Å². The third-order valence-corrected chi connectivity index (χ3v) is 10.3. The molecule has 1 unspecified atom stereocenters. The van der Waals surface area contributed by atoms with Gasteiger partial charge in [-0.2, -0.15) is 5.26 Å². The highest BCUT2D eigenvalue weighted by atomic mass is 35.5. The number of carbonyl (C=O) groups is 2. The molecule has 4 heterocycles. The van der Waals surface area contributed by atoms with Crippen LogP contribution in [0.2, 0.25) is 10.0 Å². The number of rotatable bonds is 8. The number of aliphatic hydroxyl groups is 1. The molecule has 59 heavy (non-hydrogen) atoms. The van der Waals surface area contributed by atoms with Gasteiger partial charge in [0, 0.05) is 95.0 Å². The number of halogens is 7. The Balaban J connectivity index is 0.000000333. The number of aliphatic hydroxyl groups excluding tert-OH is 1. The fourth-order valence-corrected chi connectivity index (χ4v) is 6.38. The number of carbonyl (C=O) groups excluding carboxylic acids is 2. The van der Waals surface area contributed by atoms with Crippen LogP contribution in [0.3, 0.4) is 0 Å². The number of aromatic nitrogens is 2. The molecule has 320 valence electrons. The van der Waals surface area contributed by atoms with Crippen molar-refractivity contribution in [3.63, 3.8) is 0 Å². The summed E-state index contributed by atoms with van der Waals surface area (Å²) in [7, 11) is 0. The maximum absolute atomic E-state index is 15.0. The number of likely N-dealkylation sites (tertiary alicyclic amines) is 2. The van der Waals surface area contributed by atoms with E-state index >= 15 is 4.39 Å². The van der Waals surface area contributed by atoms with E-state index in [0.29, 0.717) is 31.7 Å². The highest BCUT2D eigenvalue weighted by Crippen LogP contribution is 2.31. The van der Waals surface area contributed by atoms with Gasteiger partial charge in [-0.3, -0.25) is 19.6 Å². The van der Waals surface area contributed by atoms with E-state index in [4.69, 9.17) is 34.2 Å². The van der Waals surface area contributed by atoms with Gasteiger partial charge < -0.3 is 26.0 Å². The van der Waals surface area contributed by atoms with Gasteiger partial charge in [-0.1, -0.05) is 42.8 Å². The van der Waals surface area contributed by atoms with E-state index in [1.807, 2.05) is 44.3 Å². The molecule has 0 radical (unpaired) electrons. The first-order valence-corrected chi connectivity index (χ1v) is 19.0. The van der Waals surface area contributed by atoms with E-state index < -0.39 is 29.1 Å². The molecule has 4 N–H and O–H groups in total. The summed E-state index contributed by atoms with van der Waals surface area (Å²) in [5.74, 6) is -1.82. The van der Waals surface area contributed by atoms with Gasteiger partial charge in [-0.15, -0.1) is 12.4 Å². The second kappa shape index (κ2) is 23.4. The first kappa shape index (κ1) is 50.8. The largest absolute Gasteiger partial charge is 0.375 e.